The Kier molecular flexibility index (Phi) is 5.17. The molecule has 0 aliphatic heterocycles. The quantitative estimate of drug-likeness (QED) is 0.580. The van der Waals surface area contributed by atoms with Crippen molar-refractivity contribution in [3.63, 3.8) is 0 Å². The molecule has 2 N–H and O–H groups in total. The molecule has 0 saturated carbocycles. The lowest BCUT2D eigenvalue weighted by Gasteiger charge is -2.18. The molecule has 24 heavy (non-hydrogen) atoms. The molecule has 0 aliphatic carbocycles. The van der Waals surface area contributed by atoms with Gasteiger partial charge in [-0.05, 0) is 49.2 Å². The second-order valence-electron chi connectivity index (χ2n) is 6.13. The first-order valence-corrected chi connectivity index (χ1v) is 8.45. The van der Waals surface area contributed by atoms with Gasteiger partial charge in [0.05, 0.1) is 0 Å². The summed E-state index contributed by atoms with van der Waals surface area (Å²) in [4.78, 5) is 0. The third kappa shape index (κ3) is 4.17. The highest BCUT2D eigenvalue weighted by Crippen LogP contribution is 2.23. The maximum Gasteiger partial charge on any atom is 0.0485 e. The third-order valence-corrected chi connectivity index (χ3v) is 4.25. The molecule has 2 nitrogen and oxygen atoms in total. The summed E-state index contributed by atoms with van der Waals surface area (Å²) in [6.45, 7) is 4.36. The van der Waals surface area contributed by atoms with E-state index < -0.39 is 0 Å². The van der Waals surface area contributed by atoms with Gasteiger partial charge in [0.1, 0.15) is 0 Å². The Balaban J connectivity index is 1.61. The van der Waals surface area contributed by atoms with Crippen LogP contribution in [0.5, 0.6) is 0 Å². The van der Waals surface area contributed by atoms with Crippen molar-refractivity contribution in [3.8, 4) is 0 Å². The second-order valence-corrected chi connectivity index (χ2v) is 6.13. The number of benzene rings is 3. The molecule has 0 aromatic heterocycles. The van der Waals surface area contributed by atoms with Crippen molar-refractivity contribution in [2.75, 3.05) is 10.6 Å². The van der Waals surface area contributed by atoms with Gasteiger partial charge in [-0.2, -0.15) is 0 Å². The van der Waals surface area contributed by atoms with Gasteiger partial charge in [-0.1, -0.05) is 60.7 Å². The van der Waals surface area contributed by atoms with Crippen LogP contribution in [0.15, 0.2) is 84.9 Å². The summed E-state index contributed by atoms with van der Waals surface area (Å²) in [6, 6.07) is 30.1. The highest BCUT2D eigenvalue weighted by molar-refractivity contribution is 5.55. The van der Waals surface area contributed by atoms with Crippen LogP contribution in [-0.2, 0) is 0 Å². The molecule has 0 fully saturated rings. The summed E-state index contributed by atoms with van der Waals surface area (Å²) < 4.78 is 0. The van der Waals surface area contributed by atoms with Crippen molar-refractivity contribution in [1.82, 2.24) is 0 Å². The van der Waals surface area contributed by atoms with Gasteiger partial charge in [0, 0.05) is 23.5 Å². The van der Waals surface area contributed by atoms with Gasteiger partial charge in [0.15, 0.2) is 0 Å². The van der Waals surface area contributed by atoms with Gasteiger partial charge < -0.3 is 10.6 Å². The van der Waals surface area contributed by atoms with E-state index >= 15 is 0 Å². The lowest BCUT2D eigenvalue weighted by molar-refractivity contribution is 0.880. The van der Waals surface area contributed by atoms with E-state index in [1.54, 1.807) is 0 Å². The van der Waals surface area contributed by atoms with Gasteiger partial charge in [-0.3, -0.25) is 0 Å². The van der Waals surface area contributed by atoms with Gasteiger partial charge in [-0.15, -0.1) is 0 Å². The van der Waals surface area contributed by atoms with Crippen molar-refractivity contribution >= 4 is 11.4 Å². The van der Waals surface area contributed by atoms with Gasteiger partial charge in [-0.25, -0.2) is 0 Å². The zero-order valence-corrected chi connectivity index (χ0v) is 14.2. The molecule has 0 bridgehead atoms. The van der Waals surface area contributed by atoms with Crippen LogP contribution in [0.2, 0.25) is 0 Å². The van der Waals surface area contributed by atoms with Crippen molar-refractivity contribution in [2.24, 2.45) is 0 Å². The van der Waals surface area contributed by atoms with E-state index in [0.29, 0.717) is 0 Å². The molecular weight excluding hydrogens is 292 g/mol. The van der Waals surface area contributed by atoms with E-state index in [1.807, 2.05) is 12.1 Å². The smallest absolute Gasteiger partial charge is 0.0485 e. The SMILES string of the molecule is C[C@@H](Nc1ccc(N[C@H](C)c2ccccc2)cc1)c1ccccc1. The maximum absolute atomic E-state index is 3.54. The first-order valence-electron chi connectivity index (χ1n) is 8.45. The molecule has 0 spiro atoms. The molecular formula is C22H24N2. The van der Waals surface area contributed by atoms with E-state index in [4.69, 9.17) is 0 Å². The molecule has 3 aromatic carbocycles. The minimum absolute atomic E-state index is 0.285. The van der Waals surface area contributed by atoms with E-state index in [0.717, 1.165) is 11.4 Å². The first kappa shape index (κ1) is 16.1. The van der Waals surface area contributed by atoms with Crippen LogP contribution >= 0.6 is 0 Å². The van der Waals surface area contributed by atoms with Crippen molar-refractivity contribution in [2.45, 2.75) is 25.9 Å². The Morgan fingerprint density at radius 1 is 0.500 bits per heavy atom. The van der Waals surface area contributed by atoms with Crippen molar-refractivity contribution in [1.29, 1.82) is 0 Å². The molecule has 0 heterocycles. The predicted octanol–water partition coefficient (Wildman–Crippen LogP) is 6.03. The number of nitrogens with one attached hydrogen (secondary N) is 2. The lowest BCUT2D eigenvalue weighted by atomic mass is 10.1. The number of hydrogen-bond acceptors (Lipinski definition) is 2. The van der Waals surface area contributed by atoms with Crippen LogP contribution in [0.25, 0.3) is 0 Å². The number of rotatable bonds is 6. The zero-order valence-electron chi connectivity index (χ0n) is 14.2. The Morgan fingerprint density at radius 3 is 1.17 bits per heavy atom. The molecule has 2 atom stereocenters. The van der Waals surface area contributed by atoms with E-state index in [9.17, 15) is 0 Å². The molecule has 0 amide bonds. The van der Waals surface area contributed by atoms with Crippen LogP contribution < -0.4 is 10.6 Å². The third-order valence-electron chi connectivity index (χ3n) is 4.25. The number of hydrogen-bond donors (Lipinski definition) is 2. The monoisotopic (exact) mass is 316 g/mol. The summed E-state index contributed by atoms with van der Waals surface area (Å²) in [5.74, 6) is 0. The Morgan fingerprint density at radius 2 is 0.833 bits per heavy atom. The van der Waals surface area contributed by atoms with E-state index in [-0.39, 0.29) is 12.1 Å². The largest absolute Gasteiger partial charge is 0.379 e. The fourth-order valence-electron chi connectivity index (χ4n) is 2.81. The minimum atomic E-state index is 0.285. The Hall–Kier alpha value is -2.74. The summed E-state index contributed by atoms with van der Waals surface area (Å²) in [5, 5.41) is 7.09. The summed E-state index contributed by atoms with van der Waals surface area (Å²) in [7, 11) is 0. The zero-order chi connectivity index (χ0) is 16.8. The molecule has 0 radical (unpaired) electrons. The van der Waals surface area contributed by atoms with Crippen LogP contribution in [0, 0.1) is 0 Å². The first-order chi connectivity index (χ1) is 11.7. The van der Waals surface area contributed by atoms with Gasteiger partial charge in [0.25, 0.3) is 0 Å². The molecule has 0 aliphatic rings. The molecule has 2 heteroatoms. The average molecular weight is 316 g/mol. The minimum Gasteiger partial charge on any atom is -0.379 e. The van der Waals surface area contributed by atoms with Crippen molar-refractivity contribution in [3.05, 3.63) is 96.1 Å². The van der Waals surface area contributed by atoms with Crippen LogP contribution in [0.4, 0.5) is 11.4 Å². The molecule has 3 aromatic rings. The van der Waals surface area contributed by atoms with Gasteiger partial charge in [0.2, 0.25) is 0 Å². The molecule has 0 unspecified atom stereocenters. The number of anilines is 2. The second kappa shape index (κ2) is 7.69. The normalized spacial score (nSPS) is 13.1. The maximum atomic E-state index is 3.54. The lowest BCUT2D eigenvalue weighted by Crippen LogP contribution is -2.08. The van der Waals surface area contributed by atoms with Gasteiger partial charge >= 0.3 is 0 Å². The average Bonchev–Trinajstić information content (AvgIpc) is 2.65. The Labute approximate surface area is 144 Å². The summed E-state index contributed by atoms with van der Waals surface area (Å²) in [6.07, 6.45) is 0. The molecule has 3 rings (SSSR count). The summed E-state index contributed by atoms with van der Waals surface area (Å²) in [5.41, 5.74) is 4.84. The van der Waals surface area contributed by atoms with Crippen LogP contribution in [0.3, 0.4) is 0 Å². The predicted molar refractivity (Wildman–Crippen MR) is 103 cm³/mol. The fraction of sp³-hybridized carbons (Fsp3) is 0.182. The highest BCUT2D eigenvalue weighted by atomic mass is 14.9. The van der Waals surface area contributed by atoms with E-state index in [2.05, 4.69) is 97.3 Å². The van der Waals surface area contributed by atoms with E-state index in [1.165, 1.54) is 11.1 Å². The summed E-state index contributed by atoms with van der Waals surface area (Å²) >= 11 is 0. The topological polar surface area (TPSA) is 24.1 Å². The highest BCUT2D eigenvalue weighted by Gasteiger charge is 2.06. The molecule has 122 valence electrons. The van der Waals surface area contributed by atoms with Crippen LogP contribution in [0.1, 0.15) is 37.1 Å². The fourth-order valence-corrected chi connectivity index (χ4v) is 2.81. The van der Waals surface area contributed by atoms with Crippen molar-refractivity contribution < 1.29 is 0 Å². The van der Waals surface area contributed by atoms with Crippen LogP contribution in [-0.4, -0.2) is 0 Å². The standard InChI is InChI=1S/C22H24N2/c1-17(19-9-5-3-6-10-19)23-21-13-15-22(16-14-21)24-18(2)20-11-7-4-8-12-20/h3-18,23-24H,1-2H3/t17-,18-/m1/s1. The Bertz CT molecular complexity index is 669. The molecule has 0 saturated heterocycles.